The normalized spacial score (nSPS) is 10.1. The Bertz CT molecular complexity index is 617. The predicted octanol–water partition coefficient (Wildman–Crippen LogP) is 2.88. The third kappa shape index (κ3) is 4.77. The molecule has 0 spiro atoms. The highest BCUT2D eigenvalue weighted by molar-refractivity contribution is 5.73. The molecule has 0 aliphatic rings. The van der Waals surface area contributed by atoms with Gasteiger partial charge in [-0.15, -0.1) is 0 Å². The number of ether oxygens (including phenoxy) is 1. The molecule has 2 aromatic rings. The first-order valence-electron chi connectivity index (χ1n) is 7.07. The highest BCUT2D eigenvalue weighted by Gasteiger charge is 2.04. The summed E-state index contributed by atoms with van der Waals surface area (Å²) in [4.78, 5) is 11.7. The lowest BCUT2D eigenvalue weighted by atomic mass is 10.1. The van der Waals surface area contributed by atoms with Crippen molar-refractivity contribution in [3.63, 3.8) is 0 Å². The smallest absolute Gasteiger partial charge is 0.315 e. The van der Waals surface area contributed by atoms with Crippen molar-refractivity contribution in [2.24, 2.45) is 0 Å². The molecule has 2 N–H and O–H groups in total. The first-order valence-corrected chi connectivity index (χ1v) is 7.07. The van der Waals surface area contributed by atoms with E-state index in [-0.39, 0.29) is 11.8 Å². The molecule has 5 heteroatoms. The number of amides is 2. The quantitative estimate of drug-likeness (QED) is 0.862. The highest BCUT2D eigenvalue weighted by atomic mass is 19.1. The molecule has 0 heterocycles. The van der Waals surface area contributed by atoms with Crippen LogP contribution in [0.5, 0.6) is 5.75 Å². The fourth-order valence-corrected chi connectivity index (χ4v) is 2.03. The van der Waals surface area contributed by atoms with Crippen LogP contribution in [0.3, 0.4) is 0 Å². The van der Waals surface area contributed by atoms with Crippen LogP contribution < -0.4 is 15.4 Å². The number of urea groups is 1. The van der Waals surface area contributed by atoms with Gasteiger partial charge in [0.2, 0.25) is 0 Å². The minimum absolute atomic E-state index is 0.220. The standard InChI is InChI=1S/C17H19FN2O2/c1-22-16-8-7-13(11-15(16)18)9-10-19-17(21)20-12-14-5-3-2-4-6-14/h2-8,11H,9-10,12H2,1H3,(H2,19,20,21). The van der Waals surface area contributed by atoms with Gasteiger partial charge in [-0.05, 0) is 29.7 Å². The zero-order chi connectivity index (χ0) is 15.8. The minimum Gasteiger partial charge on any atom is -0.494 e. The lowest BCUT2D eigenvalue weighted by Gasteiger charge is -2.08. The van der Waals surface area contributed by atoms with Gasteiger partial charge < -0.3 is 15.4 Å². The molecule has 0 saturated carbocycles. The van der Waals surface area contributed by atoms with E-state index >= 15 is 0 Å². The van der Waals surface area contributed by atoms with Crippen molar-refractivity contribution in [3.05, 3.63) is 65.5 Å². The van der Waals surface area contributed by atoms with Crippen LogP contribution >= 0.6 is 0 Å². The van der Waals surface area contributed by atoms with Gasteiger partial charge in [-0.1, -0.05) is 36.4 Å². The van der Waals surface area contributed by atoms with Crippen molar-refractivity contribution in [1.82, 2.24) is 10.6 Å². The highest BCUT2D eigenvalue weighted by Crippen LogP contribution is 2.17. The molecule has 0 atom stereocenters. The van der Waals surface area contributed by atoms with Crippen LogP contribution in [0, 0.1) is 5.82 Å². The van der Waals surface area contributed by atoms with Gasteiger partial charge in [0.15, 0.2) is 11.6 Å². The zero-order valence-corrected chi connectivity index (χ0v) is 12.4. The second kappa shape index (κ2) is 8.02. The van der Waals surface area contributed by atoms with Crippen molar-refractivity contribution in [2.75, 3.05) is 13.7 Å². The third-order valence-corrected chi connectivity index (χ3v) is 3.21. The van der Waals surface area contributed by atoms with Crippen molar-refractivity contribution < 1.29 is 13.9 Å². The maximum Gasteiger partial charge on any atom is 0.315 e. The summed E-state index contributed by atoms with van der Waals surface area (Å²) in [6.45, 7) is 0.913. The summed E-state index contributed by atoms with van der Waals surface area (Å²) in [6.07, 6.45) is 0.555. The number of carbonyl (C=O) groups excluding carboxylic acids is 1. The number of halogens is 1. The molecule has 0 fully saturated rings. The Balaban J connectivity index is 1.72. The van der Waals surface area contributed by atoms with Gasteiger partial charge in [-0.25, -0.2) is 9.18 Å². The lowest BCUT2D eigenvalue weighted by molar-refractivity contribution is 0.240. The van der Waals surface area contributed by atoms with E-state index < -0.39 is 5.82 Å². The van der Waals surface area contributed by atoms with Gasteiger partial charge in [0.1, 0.15) is 0 Å². The number of carbonyl (C=O) groups is 1. The third-order valence-electron chi connectivity index (χ3n) is 3.21. The van der Waals surface area contributed by atoms with Crippen LogP contribution in [0.4, 0.5) is 9.18 Å². The van der Waals surface area contributed by atoms with Crippen LogP contribution in [0.25, 0.3) is 0 Å². The van der Waals surface area contributed by atoms with Gasteiger partial charge >= 0.3 is 6.03 Å². The van der Waals surface area contributed by atoms with Crippen LogP contribution in [0.15, 0.2) is 48.5 Å². The summed E-state index contributed by atoms with van der Waals surface area (Å²) >= 11 is 0. The summed E-state index contributed by atoms with van der Waals surface area (Å²) in [6, 6.07) is 14.2. The summed E-state index contributed by atoms with van der Waals surface area (Å²) in [5.74, 6) is -0.175. The molecular weight excluding hydrogens is 283 g/mol. The minimum atomic E-state index is -0.395. The number of hydrogen-bond acceptors (Lipinski definition) is 2. The molecule has 116 valence electrons. The van der Waals surface area contributed by atoms with Crippen LogP contribution in [0.2, 0.25) is 0 Å². The second-order valence-corrected chi connectivity index (χ2v) is 4.81. The molecule has 0 aliphatic carbocycles. The average Bonchev–Trinajstić information content (AvgIpc) is 2.54. The van der Waals surface area contributed by atoms with E-state index in [9.17, 15) is 9.18 Å². The van der Waals surface area contributed by atoms with E-state index in [4.69, 9.17) is 4.74 Å². The number of methoxy groups -OCH3 is 1. The average molecular weight is 302 g/mol. The largest absolute Gasteiger partial charge is 0.494 e. The molecule has 2 amide bonds. The van der Waals surface area contributed by atoms with Crippen LogP contribution in [0.1, 0.15) is 11.1 Å². The van der Waals surface area contributed by atoms with Gasteiger partial charge in [0.05, 0.1) is 7.11 Å². The van der Waals surface area contributed by atoms with Gasteiger partial charge in [-0.2, -0.15) is 0 Å². The maximum absolute atomic E-state index is 13.5. The Hall–Kier alpha value is -2.56. The SMILES string of the molecule is COc1ccc(CCNC(=O)NCc2ccccc2)cc1F. The molecule has 0 bridgehead atoms. The van der Waals surface area contributed by atoms with Gasteiger partial charge in [-0.3, -0.25) is 0 Å². The van der Waals surface area contributed by atoms with E-state index in [0.717, 1.165) is 11.1 Å². The molecule has 0 saturated heterocycles. The molecule has 2 aromatic carbocycles. The lowest BCUT2D eigenvalue weighted by Crippen LogP contribution is -2.36. The van der Waals surface area contributed by atoms with Crippen molar-refractivity contribution in [2.45, 2.75) is 13.0 Å². The second-order valence-electron chi connectivity index (χ2n) is 4.81. The number of benzene rings is 2. The topological polar surface area (TPSA) is 50.4 Å². The first-order chi connectivity index (χ1) is 10.7. The molecule has 0 aliphatic heterocycles. The Labute approximate surface area is 129 Å². The molecule has 0 aromatic heterocycles. The molecule has 4 nitrogen and oxygen atoms in total. The van der Waals surface area contributed by atoms with Gasteiger partial charge in [0, 0.05) is 13.1 Å². The zero-order valence-electron chi connectivity index (χ0n) is 12.4. The fraction of sp³-hybridized carbons (Fsp3) is 0.235. The van der Waals surface area contributed by atoms with Crippen molar-refractivity contribution >= 4 is 6.03 Å². The fourth-order valence-electron chi connectivity index (χ4n) is 2.03. The number of hydrogen-bond donors (Lipinski definition) is 2. The first kappa shape index (κ1) is 15.8. The molecular formula is C17H19FN2O2. The molecule has 22 heavy (non-hydrogen) atoms. The van der Waals surface area contributed by atoms with Crippen molar-refractivity contribution in [1.29, 1.82) is 0 Å². The molecule has 0 radical (unpaired) electrons. The number of nitrogens with one attached hydrogen (secondary N) is 2. The Morgan fingerprint density at radius 1 is 1.09 bits per heavy atom. The predicted molar refractivity (Wildman–Crippen MR) is 83.3 cm³/mol. The van der Waals surface area contributed by atoms with E-state index in [1.54, 1.807) is 12.1 Å². The van der Waals surface area contributed by atoms with E-state index in [2.05, 4.69) is 10.6 Å². The Kier molecular flexibility index (Phi) is 5.77. The van der Waals surface area contributed by atoms with Crippen molar-refractivity contribution in [3.8, 4) is 5.75 Å². The van der Waals surface area contributed by atoms with E-state index in [1.165, 1.54) is 13.2 Å². The molecule has 0 unspecified atom stereocenters. The monoisotopic (exact) mass is 302 g/mol. The maximum atomic E-state index is 13.5. The summed E-state index contributed by atoms with van der Waals surface area (Å²) in [5.41, 5.74) is 1.84. The Morgan fingerprint density at radius 2 is 1.86 bits per heavy atom. The van der Waals surface area contributed by atoms with Crippen LogP contribution in [-0.2, 0) is 13.0 Å². The van der Waals surface area contributed by atoms with Crippen LogP contribution in [-0.4, -0.2) is 19.7 Å². The van der Waals surface area contributed by atoms with E-state index in [1.807, 2.05) is 30.3 Å². The summed E-state index contributed by atoms with van der Waals surface area (Å²) < 4.78 is 18.4. The van der Waals surface area contributed by atoms with Gasteiger partial charge in [0.25, 0.3) is 0 Å². The summed E-state index contributed by atoms with van der Waals surface area (Å²) in [5, 5.41) is 5.52. The Morgan fingerprint density at radius 3 is 2.55 bits per heavy atom. The van der Waals surface area contributed by atoms with E-state index in [0.29, 0.717) is 19.5 Å². The summed E-state index contributed by atoms with van der Waals surface area (Å²) in [7, 11) is 1.43. The number of rotatable bonds is 6. The molecule has 2 rings (SSSR count).